The van der Waals surface area contributed by atoms with Gasteiger partial charge in [0.1, 0.15) is 0 Å². The van der Waals surface area contributed by atoms with Gasteiger partial charge in [-0.2, -0.15) is 31.6 Å². The minimum Gasteiger partial charge on any atom is -0.309 e. The van der Waals surface area contributed by atoms with Crippen LogP contribution in [0, 0.1) is 68.0 Å². The zero-order valence-corrected chi connectivity index (χ0v) is 29.6. The summed E-state index contributed by atoms with van der Waals surface area (Å²) in [4.78, 5) is 0. The molecule has 0 saturated heterocycles. The van der Waals surface area contributed by atoms with E-state index < -0.39 is 0 Å². The van der Waals surface area contributed by atoms with Crippen LogP contribution < -0.4 is 0 Å². The van der Waals surface area contributed by atoms with E-state index in [2.05, 4.69) is 68.3 Å². The number of aromatic nitrogens is 3. The molecule has 258 valence electrons. The molecule has 0 fully saturated rings. The van der Waals surface area contributed by atoms with Crippen molar-refractivity contribution >= 4 is 65.4 Å². The summed E-state index contributed by atoms with van der Waals surface area (Å²) in [6, 6.07) is 53.1. The van der Waals surface area contributed by atoms with Crippen molar-refractivity contribution < 1.29 is 0 Å². The van der Waals surface area contributed by atoms with Gasteiger partial charge in [0.05, 0.1) is 120 Å². The first kappa shape index (κ1) is 32.5. The predicted molar refractivity (Wildman–Crippen MR) is 218 cm³/mol. The van der Waals surface area contributed by atoms with Gasteiger partial charge >= 0.3 is 0 Å². The van der Waals surface area contributed by atoms with Crippen molar-refractivity contribution in [1.82, 2.24) is 13.7 Å². The lowest BCUT2D eigenvalue weighted by Crippen LogP contribution is -2.03. The second kappa shape index (κ2) is 12.2. The minimum absolute atomic E-state index is 0.496. The molecule has 3 aromatic heterocycles. The minimum atomic E-state index is 0.496. The Morgan fingerprint density at radius 3 is 0.579 bits per heavy atom. The van der Waals surface area contributed by atoms with Crippen molar-refractivity contribution in [2.75, 3.05) is 0 Å². The molecule has 0 unspecified atom stereocenters. The fourth-order valence-electron chi connectivity index (χ4n) is 8.29. The van der Waals surface area contributed by atoms with Crippen molar-refractivity contribution in [3.8, 4) is 53.5 Å². The molecular formula is C48H21N9. The van der Waals surface area contributed by atoms with E-state index in [9.17, 15) is 31.6 Å². The maximum Gasteiger partial charge on any atom is 0.0991 e. The predicted octanol–water partition coefficient (Wildman–Crippen LogP) is 10.2. The van der Waals surface area contributed by atoms with Crippen LogP contribution in [0.3, 0.4) is 0 Å². The lowest BCUT2D eigenvalue weighted by Gasteiger charge is -2.17. The van der Waals surface area contributed by atoms with Crippen LogP contribution in [0.1, 0.15) is 33.4 Å². The molecule has 0 amide bonds. The Morgan fingerprint density at radius 1 is 0.246 bits per heavy atom. The number of benzene rings is 7. The second-order valence-corrected chi connectivity index (χ2v) is 13.8. The van der Waals surface area contributed by atoms with Gasteiger partial charge in [-0.25, -0.2) is 0 Å². The number of hydrogen-bond acceptors (Lipinski definition) is 6. The maximum absolute atomic E-state index is 9.87. The standard InChI is InChI=1S/C48H21N9/c49-22-28-1-7-43-37(13-28)38-14-29(23-50)2-8-44(38)55(43)34-19-35(56-45-9-3-30(24-51)15-39(45)40-16-31(25-52)4-10-46(40)56)21-36(20-34)57-47-11-5-32(26-53)17-41(47)42-18-33(27-54)6-12-48(42)57/h1-21H. The molecule has 9 heteroatoms. The van der Waals surface area contributed by atoms with Gasteiger partial charge in [-0.05, 0) is 127 Å². The molecule has 0 aliphatic rings. The largest absolute Gasteiger partial charge is 0.309 e. The summed E-state index contributed by atoms with van der Waals surface area (Å²) < 4.78 is 6.39. The molecule has 0 spiro atoms. The molecule has 57 heavy (non-hydrogen) atoms. The quantitative estimate of drug-likeness (QED) is 0.176. The summed E-state index contributed by atoms with van der Waals surface area (Å²) in [5.74, 6) is 0. The van der Waals surface area contributed by atoms with Crippen molar-refractivity contribution in [3.63, 3.8) is 0 Å². The van der Waals surface area contributed by atoms with E-state index in [1.54, 1.807) is 36.4 Å². The highest BCUT2D eigenvalue weighted by Crippen LogP contribution is 2.40. The lowest BCUT2D eigenvalue weighted by atomic mass is 10.1. The van der Waals surface area contributed by atoms with E-state index in [0.29, 0.717) is 33.4 Å². The lowest BCUT2D eigenvalue weighted by molar-refractivity contribution is 1.10. The monoisotopic (exact) mass is 723 g/mol. The van der Waals surface area contributed by atoms with E-state index in [1.807, 2.05) is 72.8 Å². The Balaban J connectivity index is 1.38. The smallest absolute Gasteiger partial charge is 0.0991 e. The molecule has 0 bridgehead atoms. The van der Waals surface area contributed by atoms with Crippen molar-refractivity contribution in [1.29, 1.82) is 31.6 Å². The normalized spacial score (nSPS) is 11.1. The highest BCUT2D eigenvalue weighted by atomic mass is 15.0. The van der Waals surface area contributed by atoms with Crippen molar-refractivity contribution in [2.24, 2.45) is 0 Å². The van der Waals surface area contributed by atoms with Gasteiger partial charge in [0.25, 0.3) is 0 Å². The Kier molecular flexibility index (Phi) is 6.97. The number of rotatable bonds is 3. The van der Waals surface area contributed by atoms with Gasteiger partial charge in [-0.15, -0.1) is 0 Å². The van der Waals surface area contributed by atoms with Crippen LogP contribution in [0.4, 0.5) is 0 Å². The summed E-state index contributed by atoms with van der Waals surface area (Å²) in [5.41, 5.74) is 10.3. The van der Waals surface area contributed by atoms with Crippen molar-refractivity contribution in [3.05, 3.63) is 161 Å². The van der Waals surface area contributed by atoms with Gasteiger partial charge in [0.15, 0.2) is 0 Å². The molecule has 3 heterocycles. The molecule has 0 N–H and O–H groups in total. The van der Waals surface area contributed by atoms with E-state index in [0.717, 1.165) is 82.5 Å². The Hall–Kier alpha value is -9.12. The molecule has 10 aromatic rings. The topological polar surface area (TPSA) is 158 Å². The first-order chi connectivity index (χ1) is 27.9. The summed E-state index contributed by atoms with van der Waals surface area (Å²) in [5, 5.41) is 64.2. The highest BCUT2D eigenvalue weighted by Gasteiger charge is 2.21. The third-order valence-corrected chi connectivity index (χ3v) is 10.7. The third kappa shape index (κ3) is 4.76. The van der Waals surface area contributed by atoms with Gasteiger partial charge in [0.2, 0.25) is 0 Å². The van der Waals surface area contributed by atoms with E-state index in [4.69, 9.17) is 0 Å². The maximum atomic E-state index is 9.87. The first-order valence-electron chi connectivity index (χ1n) is 17.8. The van der Waals surface area contributed by atoms with Crippen molar-refractivity contribution in [2.45, 2.75) is 0 Å². The molecule has 0 saturated carbocycles. The van der Waals surface area contributed by atoms with Crippen LogP contribution in [-0.4, -0.2) is 13.7 Å². The molecule has 0 aliphatic carbocycles. The van der Waals surface area contributed by atoms with E-state index in [1.165, 1.54) is 0 Å². The second-order valence-electron chi connectivity index (χ2n) is 13.8. The fraction of sp³-hybridized carbons (Fsp3) is 0. The zero-order valence-electron chi connectivity index (χ0n) is 29.6. The zero-order chi connectivity index (χ0) is 38.9. The summed E-state index contributed by atoms with van der Waals surface area (Å²) in [7, 11) is 0. The van der Waals surface area contributed by atoms with Gasteiger partial charge in [-0.1, -0.05) is 0 Å². The highest BCUT2D eigenvalue weighted by molar-refractivity contribution is 6.13. The summed E-state index contributed by atoms with van der Waals surface area (Å²) >= 11 is 0. The molecule has 0 aliphatic heterocycles. The molecule has 9 nitrogen and oxygen atoms in total. The number of fused-ring (bicyclic) bond motifs is 9. The Morgan fingerprint density at radius 2 is 0.421 bits per heavy atom. The summed E-state index contributed by atoms with van der Waals surface area (Å²) in [6.07, 6.45) is 0. The third-order valence-electron chi connectivity index (χ3n) is 10.7. The SMILES string of the molecule is N#Cc1ccc2c(c1)c1cc(C#N)ccc1n2-c1cc(-n2c3ccc(C#N)cc3c3cc(C#N)ccc32)cc(-n2c3ccc(C#N)cc3c3cc(C#N)ccc32)c1. The average molecular weight is 724 g/mol. The molecular weight excluding hydrogens is 703 g/mol. The van der Waals surface area contributed by atoms with Crippen LogP contribution in [0.15, 0.2) is 127 Å². The van der Waals surface area contributed by atoms with E-state index in [-0.39, 0.29) is 0 Å². The Bertz CT molecular complexity index is 3100. The van der Waals surface area contributed by atoms with Gasteiger partial charge in [0, 0.05) is 32.3 Å². The van der Waals surface area contributed by atoms with Crippen LogP contribution in [0.5, 0.6) is 0 Å². The van der Waals surface area contributed by atoms with Crippen LogP contribution in [-0.2, 0) is 0 Å². The number of hydrogen-bond donors (Lipinski definition) is 0. The fourth-order valence-corrected chi connectivity index (χ4v) is 8.29. The molecule has 7 aromatic carbocycles. The Labute approximate surface area is 323 Å². The number of nitrogens with zero attached hydrogens (tertiary/aromatic N) is 9. The number of nitriles is 6. The van der Waals surface area contributed by atoms with Crippen LogP contribution in [0.25, 0.3) is 82.5 Å². The first-order valence-corrected chi connectivity index (χ1v) is 17.8. The van der Waals surface area contributed by atoms with E-state index >= 15 is 0 Å². The summed E-state index contributed by atoms with van der Waals surface area (Å²) in [6.45, 7) is 0. The van der Waals surface area contributed by atoms with Gasteiger partial charge in [-0.3, -0.25) is 0 Å². The van der Waals surface area contributed by atoms with Gasteiger partial charge < -0.3 is 13.7 Å². The molecule has 0 atom stereocenters. The molecule has 10 rings (SSSR count). The van der Waals surface area contributed by atoms with Crippen LogP contribution >= 0.6 is 0 Å². The molecule has 0 radical (unpaired) electrons. The average Bonchev–Trinajstić information content (AvgIpc) is 3.89. The van der Waals surface area contributed by atoms with Crippen LogP contribution in [0.2, 0.25) is 0 Å².